The zero-order valence-electron chi connectivity index (χ0n) is 13.2. The average molecular weight is 256 g/mol. The second kappa shape index (κ2) is 5.87. The molecule has 1 fully saturated rings. The molecule has 3 N–H and O–H groups in total. The van der Waals surface area contributed by atoms with Crippen LogP contribution >= 0.6 is 0 Å². The Kier molecular flexibility index (Phi) is 5.18. The third-order valence-corrected chi connectivity index (χ3v) is 2.95. The van der Waals surface area contributed by atoms with Gasteiger partial charge in [0, 0.05) is 24.2 Å². The van der Waals surface area contributed by atoms with Crippen LogP contribution in [0, 0.1) is 0 Å². The Morgan fingerprint density at radius 2 is 1.33 bits per heavy atom. The van der Waals surface area contributed by atoms with Gasteiger partial charge in [-0.15, -0.1) is 0 Å². The molecule has 0 aromatic heterocycles. The molecule has 1 aliphatic rings. The Morgan fingerprint density at radius 3 is 1.61 bits per heavy atom. The normalized spacial score (nSPS) is 27.5. The number of rotatable bonds is 3. The summed E-state index contributed by atoms with van der Waals surface area (Å²) in [5, 5.41) is 11.0. The number of likely N-dealkylation sites (N-methyl/N-ethyl adjacent to an activating group) is 1. The Labute approximate surface area is 113 Å². The summed E-state index contributed by atoms with van der Waals surface area (Å²) < 4.78 is 0. The first-order valence-electron chi connectivity index (χ1n) is 7.13. The topological polar surface area (TPSA) is 39.3 Å². The van der Waals surface area contributed by atoms with E-state index in [-0.39, 0.29) is 11.1 Å². The van der Waals surface area contributed by atoms with Crippen molar-refractivity contribution >= 4 is 0 Å². The largest absolute Gasteiger partial charge is 0.298 e. The molecule has 108 valence electrons. The molecule has 2 atom stereocenters. The van der Waals surface area contributed by atoms with E-state index < -0.39 is 0 Å². The molecule has 0 aliphatic carbocycles. The van der Waals surface area contributed by atoms with E-state index in [2.05, 4.69) is 69.3 Å². The van der Waals surface area contributed by atoms with E-state index in [1.165, 1.54) is 0 Å². The van der Waals surface area contributed by atoms with Crippen LogP contribution < -0.4 is 16.0 Å². The number of nitrogens with zero attached hydrogens (tertiary/aromatic N) is 1. The van der Waals surface area contributed by atoms with Crippen molar-refractivity contribution in [1.82, 2.24) is 20.9 Å². The highest BCUT2D eigenvalue weighted by Gasteiger charge is 2.29. The highest BCUT2D eigenvalue weighted by molar-refractivity contribution is 4.89. The van der Waals surface area contributed by atoms with Crippen LogP contribution in [-0.4, -0.2) is 47.9 Å². The van der Waals surface area contributed by atoms with Gasteiger partial charge < -0.3 is 0 Å². The van der Waals surface area contributed by atoms with Crippen molar-refractivity contribution in [2.75, 3.05) is 19.6 Å². The first-order valence-corrected chi connectivity index (χ1v) is 7.13. The monoisotopic (exact) mass is 256 g/mol. The summed E-state index contributed by atoms with van der Waals surface area (Å²) in [5.74, 6) is 0. The molecule has 0 bridgehead atoms. The molecule has 0 spiro atoms. The predicted molar refractivity (Wildman–Crippen MR) is 78.6 cm³/mol. The van der Waals surface area contributed by atoms with Crippen LogP contribution in [0.15, 0.2) is 0 Å². The van der Waals surface area contributed by atoms with Crippen LogP contribution in [0.4, 0.5) is 0 Å². The molecule has 4 heteroatoms. The van der Waals surface area contributed by atoms with Gasteiger partial charge in [0.1, 0.15) is 0 Å². The molecule has 2 unspecified atom stereocenters. The SMILES string of the molecule is CCN1CC(NC(C)(C)C)NC(NC(C)(C)C)C1. The minimum Gasteiger partial charge on any atom is -0.298 e. The van der Waals surface area contributed by atoms with Crippen LogP contribution in [0.2, 0.25) is 0 Å². The third-order valence-electron chi connectivity index (χ3n) is 2.95. The van der Waals surface area contributed by atoms with Gasteiger partial charge >= 0.3 is 0 Å². The first-order chi connectivity index (χ1) is 8.09. The predicted octanol–water partition coefficient (Wildman–Crippen LogP) is 1.34. The fraction of sp³-hybridized carbons (Fsp3) is 1.00. The molecule has 1 saturated heterocycles. The smallest absolute Gasteiger partial charge is 0.0719 e. The zero-order valence-corrected chi connectivity index (χ0v) is 13.2. The fourth-order valence-electron chi connectivity index (χ4n) is 2.42. The first kappa shape index (κ1) is 15.9. The van der Waals surface area contributed by atoms with Crippen molar-refractivity contribution in [2.45, 2.75) is 71.9 Å². The van der Waals surface area contributed by atoms with E-state index in [1.54, 1.807) is 0 Å². The Morgan fingerprint density at radius 1 is 0.944 bits per heavy atom. The summed E-state index contributed by atoms with van der Waals surface area (Å²) in [7, 11) is 0. The summed E-state index contributed by atoms with van der Waals surface area (Å²) in [5.41, 5.74) is 0.279. The third kappa shape index (κ3) is 6.14. The molecular formula is C14H32N4. The molecule has 18 heavy (non-hydrogen) atoms. The quantitative estimate of drug-likeness (QED) is 0.713. The van der Waals surface area contributed by atoms with Gasteiger partial charge in [-0.2, -0.15) is 0 Å². The zero-order chi connectivity index (χ0) is 14.0. The molecule has 0 amide bonds. The van der Waals surface area contributed by atoms with Gasteiger partial charge in [-0.3, -0.25) is 20.9 Å². The van der Waals surface area contributed by atoms with Gasteiger partial charge in [0.15, 0.2) is 0 Å². The van der Waals surface area contributed by atoms with Gasteiger partial charge in [0.25, 0.3) is 0 Å². The second-order valence-electron chi connectivity index (χ2n) is 7.41. The molecule has 4 nitrogen and oxygen atoms in total. The number of hydrogen-bond donors (Lipinski definition) is 3. The Hall–Kier alpha value is -0.160. The number of hydrogen-bond acceptors (Lipinski definition) is 4. The fourth-order valence-corrected chi connectivity index (χ4v) is 2.42. The molecule has 1 rings (SSSR count). The maximum atomic E-state index is 3.67. The summed E-state index contributed by atoms with van der Waals surface area (Å²) in [6.45, 7) is 18.7. The van der Waals surface area contributed by atoms with Gasteiger partial charge in [-0.05, 0) is 48.1 Å². The second-order valence-corrected chi connectivity index (χ2v) is 7.41. The lowest BCUT2D eigenvalue weighted by Crippen LogP contribution is -2.69. The summed E-state index contributed by atoms with van der Waals surface area (Å²) >= 11 is 0. The highest BCUT2D eigenvalue weighted by atomic mass is 15.3. The van der Waals surface area contributed by atoms with Crippen molar-refractivity contribution < 1.29 is 0 Å². The van der Waals surface area contributed by atoms with Crippen LogP contribution in [0.5, 0.6) is 0 Å². The lowest BCUT2D eigenvalue weighted by molar-refractivity contribution is 0.106. The van der Waals surface area contributed by atoms with E-state index in [0.29, 0.717) is 12.3 Å². The maximum Gasteiger partial charge on any atom is 0.0719 e. The summed E-state index contributed by atoms with van der Waals surface area (Å²) in [6.07, 6.45) is 0.692. The van der Waals surface area contributed by atoms with Crippen LogP contribution in [0.1, 0.15) is 48.5 Å². The lowest BCUT2D eigenvalue weighted by Gasteiger charge is -2.43. The number of nitrogens with one attached hydrogen (secondary N) is 3. The minimum absolute atomic E-state index is 0.140. The molecule has 0 radical (unpaired) electrons. The van der Waals surface area contributed by atoms with Gasteiger partial charge in [0.05, 0.1) is 12.3 Å². The van der Waals surface area contributed by atoms with Gasteiger partial charge in [0.2, 0.25) is 0 Å². The minimum atomic E-state index is 0.140. The molecule has 0 aromatic carbocycles. The van der Waals surface area contributed by atoms with Crippen LogP contribution in [0.25, 0.3) is 0 Å². The van der Waals surface area contributed by atoms with E-state index in [9.17, 15) is 0 Å². The van der Waals surface area contributed by atoms with E-state index in [0.717, 1.165) is 19.6 Å². The van der Waals surface area contributed by atoms with Crippen molar-refractivity contribution in [2.24, 2.45) is 0 Å². The summed E-state index contributed by atoms with van der Waals surface area (Å²) in [6, 6.07) is 0. The van der Waals surface area contributed by atoms with Gasteiger partial charge in [-0.1, -0.05) is 6.92 Å². The molecule has 0 aromatic rings. The Balaban J connectivity index is 2.60. The maximum absolute atomic E-state index is 3.67. The van der Waals surface area contributed by atoms with Crippen molar-refractivity contribution in [1.29, 1.82) is 0 Å². The standard InChI is InChI=1S/C14H32N4/c1-8-18-9-11(16-13(2,3)4)15-12(10-18)17-14(5,6)7/h11-12,15-17H,8-10H2,1-7H3. The molecule has 1 aliphatic heterocycles. The van der Waals surface area contributed by atoms with Crippen molar-refractivity contribution in [3.05, 3.63) is 0 Å². The highest BCUT2D eigenvalue weighted by Crippen LogP contribution is 2.09. The molecule has 0 saturated carbocycles. The average Bonchev–Trinajstić information content (AvgIpc) is 2.11. The van der Waals surface area contributed by atoms with E-state index in [4.69, 9.17) is 0 Å². The van der Waals surface area contributed by atoms with Crippen LogP contribution in [0.3, 0.4) is 0 Å². The lowest BCUT2D eigenvalue weighted by atomic mass is 10.1. The number of piperazine rings is 1. The van der Waals surface area contributed by atoms with Crippen LogP contribution in [-0.2, 0) is 0 Å². The van der Waals surface area contributed by atoms with E-state index >= 15 is 0 Å². The Bertz CT molecular complexity index is 228. The van der Waals surface area contributed by atoms with Gasteiger partial charge in [-0.25, -0.2) is 0 Å². The molecule has 1 heterocycles. The van der Waals surface area contributed by atoms with E-state index in [1.807, 2.05) is 0 Å². The van der Waals surface area contributed by atoms with Crippen molar-refractivity contribution in [3.63, 3.8) is 0 Å². The van der Waals surface area contributed by atoms with Crippen molar-refractivity contribution in [3.8, 4) is 0 Å². The summed E-state index contributed by atoms with van der Waals surface area (Å²) in [4.78, 5) is 2.49. The molecular weight excluding hydrogens is 224 g/mol.